The van der Waals surface area contributed by atoms with Crippen molar-refractivity contribution in [1.82, 2.24) is 10.3 Å². The molecule has 0 bridgehead atoms. The van der Waals surface area contributed by atoms with Gasteiger partial charge in [-0.05, 0) is 45.9 Å². The normalized spacial score (nSPS) is 11.2. The summed E-state index contributed by atoms with van der Waals surface area (Å²) in [6, 6.07) is 32.8. The van der Waals surface area contributed by atoms with E-state index >= 15 is 0 Å². The van der Waals surface area contributed by atoms with Crippen LogP contribution in [-0.4, -0.2) is 30.0 Å². The van der Waals surface area contributed by atoms with E-state index in [-0.39, 0.29) is 24.3 Å². The number of esters is 1. The molecule has 0 radical (unpaired) electrons. The molecule has 4 aromatic carbocycles. The van der Waals surface area contributed by atoms with Gasteiger partial charge in [0.05, 0.1) is 13.7 Å². The first kappa shape index (κ1) is 33.0. The van der Waals surface area contributed by atoms with E-state index in [2.05, 4.69) is 5.32 Å². The molecule has 7 nitrogen and oxygen atoms in total. The number of hydrogen-bond donors (Lipinski definition) is 3. The van der Waals surface area contributed by atoms with E-state index < -0.39 is 6.04 Å². The molecule has 226 valence electrons. The second kappa shape index (κ2) is 16.9. The molecule has 0 saturated heterocycles. The van der Waals surface area contributed by atoms with Crippen molar-refractivity contribution in [3.63, 3.8) is 0 Å². The molecular weight excluding hydrogens is 536 g/mol. The van der Waals surface area contributed by atoms with Gasteiger partial charge < -0.3 is 14.8 Å². The highest BCUT2D eigenvalue weighted by Gasteiger charge is 2.23. The molecule has 0 aliphatic carbocycles. The van der Waals surface area contributed by atoms with Crippen molar-refractivity contribution in [1.29, 1.82) is 5.41 Å². The molecule has 1 unspecified atom stereocenters. The highest BCUT2D eigenvalue weighted by molar-refractivity contribution is 6.02. The minimum absolute atomic E-state index is 0.0764. The van der Waals surface area contributed by atoms with Crippen LogP contribution in [0.2, 0.25) is 0 Å². The number of benzene rings is 4. The Bertz CT molecular complexity index is 1420. The molecule has 7 heteroatoms. The van der Waals surface area contributed by atoms with Crippen LogP contribution in [0.1, 0.15) is 49.9 Å². The smallest absolute Gasteiger partial charge is 0.323 e. The van der Waals surface area contributed by atoms with Gasteiger partial charge in [-0.3, -0.25) is 15.2 Å². The fourth-order valence-corrected chi connectivity index (χ4v) is 4.54. The molecule has 0 aliphatic rings. The molecule has 0 spiro atoms. The predicted octanol–water partition coefficient (Wildman–Crippen LogP) is 6.95. The first-order valence-corrected chi connectivity index (χ1v) is 14.7. The highest BCUT2D eigenvalue weighted by atomic mass is 16.5. The Morgan fingerprint density at radius 1 is 0.837 bits per heavy atom. The number of carbonyl (C=O) groups excluding carboxylic acids is 1. The standard InChI is InChI=1S/C34H38N4O3.C2H6/c1-24(2)32(34(39)41-23-27-9-5-4-6-10-27)37-21-25-13-17-28(18-14-25)30-11-7-8-12-31(30)33(35)38(36)22-26-15-19-29(40-3)20-16-26;1-2/h4-20,24,32,35,37H,21-23,36H2,1-3H3;1-2H3. The average Bonchev–Trinajstić information content (AvgIpc) is 3.05. The lowest BCUT2D eigenvalue weighted by Crippen LogP contribution is -2.41. The minimum atomic E-state index is -0.416. The number of nitrogens with zero attached hydrogens (tertiary/aromatic N) is 1. The molecule has 4 aromatic rings. The molecule has 0 aromatic heterocycles. The van der Waals surface area contributed by atoms with Crippen molar-refractivity contribution in [2.75, 3.05) is 7.11 Å². The maximum Gasteiger partial charge on any atom is 0.323 e. The van der Waals surface area contributed by atoms with Crippen molar-refractivity contribution in [2.45, 2.75) is 53.4 Å². The van der Waals surface area contributed by atoms with Crippen LogP contribution in [0, 0.1) is 11.3 Å². The topological polar surface area (TPSA) is 101 Å². The first-order valence-electron chi connectivity index (χ1n) is 14.7. The summed E-state index contributed by atoms with van der Waals surface area (Å²) in [6.07, 6.45) is 0. The number of carbonyl (C=O) groups is 1. The Balaban J connectivity index is 0.00000248. The third-order valence-corrected chi connectivity index (χ3v) is 6.92. The van der Waals surface area contributed by atoms with Gasteiger partial charge in [0.15, 0.2) is 0 Å². The molecule has 0 heterocycles. The van der Waals surface area contributed by atoms with E-state index in [1.165, 1.54) is 5.01 Å². The number of hydrazine groups is 1. The van der Waals surface area contributed by atoms with Gasteiger partial charge in [-0.1, -0.05) is 119 Å². The van der Waals surface area contributed by atoms with E-state index in [1.807, 2.05) is 131 Å². The zero-order valence-corrected chi connectivity index (χ0v) is 25.8. The number of nitrogens with one attached hydrogen (secondary N) is 2. The summed E-state index contributed by atoms with van der Waals surface area (Å²) in [4.78, 5) is 12.8. The predicted molar refractivity (Wildman–Crippen MR) is 174 cm³/mol. The Hall–Kier alpha value is -4.46. The summed E-state index contributed by atoms with van der Waals surface area (Å²) < 4.78 is 10.8. The Labute approximate surface area is 256 Å². The van der Waals surface area contributed by atoms with Crippen molar-refractivity contribution < 1.29 is 14.3 Å². The molecule has 0 saturated carbocycles. The third kappa shape index (κ3) is 9.53. The van der Waals surface area contributed by atoms with E-state index in [1.54, 1.807) is 7.11 Å². The Morgan fingerprint density at radius 3 is 2.07 bits per heavy atom. The van der Waals surface area contributed by atoms with Gasteiger partial charge in [0.25, 0.3) is 0 Å². The zero-order chi connectivity index (χ0) is 31.2. The quantitative estimate of drug-likeness (QED) is 0.0551. The average molecular weight is 581 g/mol. The highest BCUT2D eigenvalue weighted by Crippen LogP contribution is 2.25. The van der Waals surface area contributed by atoms with Crippen LogP contribution in [0.4, 0.5) is 0 Å². The number of hydrogen-bond acceptors (Lipinski definition) is 6. The van der Waals surface area contributed by atoms with E-state index in [9.17, 15) is 4.79 Å². The van der Waals surface area contributed by atoms with Gasteiger partial charge in [0.1, 0.15) is 24.2 Å². The zero-order valence-electron chi connectivity index (χ0n) is 25.8. The summed E-state index contributed by atoms with van der Waals surface area (Å²) in [5.74, 6) is 7.16. The van der Waals surface area contributed by atoms with Gasteiger partial charge in [-0.25, -0.2) is 5.84 Å². The maximum absolute atomic E-state index is 12.8. The molecule has 43 heavy (non-hydrogen) atoms. The van der Waals surface area contributed by atoms with E-state index in [4.69, 9.17) is 20.7 Å². The lowest BCUT2D eigenvalue weighted by Gasteiger charge is -2.22. The van der Waals surface area contributed by atoms with Crippen LogP contribution >= 0.6 is 0 Å². The number of ether oxygens (including phenoxy) is 2. The second-order valence-electron chi connectivity index (χ2n) is 10.3. The Morgan fingerprint density at radius 2 is 1.44 bits per heavy atom. The van der Waals surface area contributed by atoms with Gasteiger partial charge in [0, 0.05) is 12.1 Å². The number of methoxy groups -OCH3 is 1. The molecule has 0 amide bonds. The molecule has 4 rings (SSSR count). The largest absolute Gasteiger partial charge is 0.497 e. The van der Waals surface area contributed by atoms with Crippen molar-refractivity contribution >= 4 is 11.8 Å². The van der Waals surface area contributed by atoms with Crippen LogP contribution in [0.5, 0.6) is 5.75 Å². The summed E-state index contributed by atoms with van der Waals surface area (Å²) in [6.45, 7) is 9.19. The first-order chi connectivity index (χ1) is 20.9. The fraction of sp³-hybridized carbons (Fsp3) is 0.278. The minimum Gasteiger partial charge on any atom is -0.497 e. The van der Waals surface area contributed by atoms with Gasteiger partial charge >= 0.3 is 5.97 Å². The van der Waals surface area contributed by atoms with Crippen LogP contribution in [-0.2, 0) is 29.2 Å². The summed E-state index contributed by atoms with van der Waals surface area (Å²) in [5.41, 5.74) is 5.64. The summed E-state index contributed by atoms with van der Waals surface area (Å²) in [5, 5.41) is 13.6. The van der Waals surface area contributed by atoms with Crippen molar-refractivity contribution in [3.05, 3.63) is 125 Å². The second-order valence-corrected chi connectivity index (χ2v) is 10.3. The molecule has 0 aliphatic heterocycles. The van der Waals surface area contributed by atoms with Gasteiger partial charge in [-0.2, -0.15) is 0 Å². The van der Waals surface area contributed by atoms with Crippen LogP contribution in [0.15, 0.2) is 103 Å². The lowest BCUT2D eigenvalue weighted by molar-refractivity contribution is -0.148. The van der Waals surface area contributed by atoms with Crippen LogP contribution < -0.4 is 15.9 Å². The summed E-state index contributed by atoms with van der Waals surface area (Å²) in [7, 11) is 1.63. The van der Waals surface area contributed by atoms with Gasteiger partial charge in [0.2, 0.25) is 0 Å². The van der Waals surface area contributed by atoms with E-state index in [0.29, 0.717) is 13.1 Å². The van der Waals surface area contributed by atoms with E-state index in [0.717, 1.165) is 39.1 Å². The third-order valence-electron chi connectivity index (χ3n) is 6.92. The molecule has 0 fully saturated rings. The number of amidine groups is 1. The SMILES string of the molecule is CC.COc1ccc(CN(N)C(=N)c2ccccc2-c2ccc(CNC(C(=O)OCc3ccccc3)C(C)C)cc2)cc1. The fourth-order valence-electron chi connectivity index (χ4n) is 4.54. The Kier molecular flexibility index (Phi) is 12.9. The molecular formula is C36H44N4O3. The van der Waals surface area contributed by atoms with Crippen LogP contribution in [0.25, 0.3) is 11.1 Å². The molecule has 1 atom stereocenters. The maximum atomic E-state index is 12.8. The molecule has 4 N–H and O–H groups in total. The van der Waals surface area contributed by atoms with Crippen molar-refractivity contribution in [2.24, 2.45) is 11.8 Å². The monoisotopic (exact) mass is 580 g/mol. The summed E-state index contributed by atoms with van der Waals surface area (Å²) >= 11 is 0. The van der Waals surface area contributed by atoms with Crippen LogP contribution in [0.3, 0.4) is 0 Å². The number of nitrogens with two attached hydrogens (primary N) is 1. The van der Waals surface area contributed by atoms with Crippen molar-refractivity contribution in [3.8, 4) is 16.9 Å². The van der Waals surface area contributed by atoms with Gasteiger partial charge in [-0.15, -0.1) is 0 Å². The number of rotatable bonds is 12. The lowest BCUT2D eigenvalue weighted by atomic mass is 9.97.